The van der Waals surface area contributed by atoms with Crippen molar-refractivity contribution in [2.45, 2.75) is 32.8 Å². The fourth-order valence-corrected chi connectivity index (χ4v) is 1.41. The van der Waals surface area contributed by atoms with Crippen LogP contribution in [0.25, 0.3) is 0 Å². The molecular formula is C13H19N3O3. The summed E-state index contributed by atoms with van der Waals surface area (Å²) in [6.07, 6.45) is 1.19. The third-order valence-corrected chi connectivity index (χ3v) is 2.24. The molecule has 0 bridgehead atoms. The summed E-state index contributed by atoms with van der Waals surface area (Å²) in [5, 5.41) is 0. The van der Waals surface area contributed by atoms with Crippen molar-refractivity contribution in [3.8, 4) is 0 Å². The molecule has 0 aromatic carbocycles. The van der Waals surface area contributed by atoms with Crippen molar-refractivity contribution in [3.63, 3.8) is 0 Å². The van der Waals surface area contributed by atoms with E-state index in [2.05, 4.69) is 4.98 Å². The van der Waals surface area contributed by atoms with E-state index in [0.29, 0.717) is 11.5 Å². The van der Waals surface area contributed by atoms with Crippen molar-refractivity contribution in [1.29, 1.82) is 0 Å². The molecule has 6 nitrogen and oxygen atoms in total. The lowest BCUT2D eigenvalue weighted by Crippen LogP contribution is -2.32. The smallest absolute Gasteiger partial charge is 0.315 e. The van der Waals surface area contributed by atoms with E-state index in [9.17, 15) is 9.59 Å². The number of hydrogen-bond acceptors (Lipinski definition) is 5. The second kappa shape index (κ2) is 5.69. The molecule has 1 rings (SSSR count). The lowest BCUT2D eigenvalue weighted by Gasteiger charge is -2.21. The largest absolute Gasteiger partial charge is 0.460 e. The Morgan fingerprint density at radius 2 is 2.05 bits per heavy atom. The molecule has 0 spiro atoms. The van der Waals surface area contributed by atoms with E-state index >= 15 is 0 Å². The average molecular weight is 265 g/mol. The van der Waals surface area contributed by atoms with Gasteiger partial charge in [0, 0.05) is 25.0 Å². The minimum atomic E-state index is -0.600. The highest BCUT2D eigenvalue weighted by atomic mass is 16.6. The van der Waals surface area contributed by atoms with E-state index in [0.717, 1.165) is 0 Å². The molecule has 1 aromatic rings. The summed E-state index contributed by atoms with van der Waals surface area (Å²) in [5.74, 6) is -0.597. The van der Waals surface area contributed by atoms with Gasteiger partial charge in [-0.2, -0.15) is 0 Å². The Morgan fingerprint density at radius 1 is 1.42 bits per heavy atom. The van der Waals surface area contributed by atoms with Crippen LogP contribution >= 0.6 is 0 Å². The highest BCUT2D eigenvalue weighted by Crippen LogP contribution is 2.15. The minimum absolute atomic E-state index is 0.310. The number of esters is 1. The number of pyridine rings is 1. The van der Waals surface area contributed by atoms with Gasteiger partial charge in [0.05, 0.1) is 0 Å². The molecule has 0 fully saturated rings. The van der Waals surface area contributed by atoms with Gasteiger partial charge in [-0.3, -0.25) is 9.59 Å². The number of ether oxygens (including phenoxy) is 1. The molecule has 0 aliphatic carbocycles. The highest BCUT2D eigenvalue weighted by molar-refractivity contribution is 6.03. The Balaban J connectivity index is 2.66. The van der Waals surface area contributed by atoms with Crippen LogP contribution in [0.1, 0.15) is 27.2 Å². The first kappa shape index (κ1) is 14.9. The normalized spacial score (nSPS) is 10.9. The molecule has 1 heterocycles. The summed E-state index contributed by atoms with van der Waals surface area (Å²) < 4.78 is 5.09. The topological polar surface area (TPSA) is 85.5 Å². The van der Waals surface area contributed by atoms with Crippen LogP contribution in [0.15, 0.2) is 18.3 Å². The average Bonchev–Trinajstić information content (AvgIpc) is 2.25. The van der Waals surface area contributed by atoms with E-state index in [-0.39, 0.29) is 12.3 Å². The number of rotatable bonds is 3. The van der Waals surface area contributed by atoms with Gasteiger partial charge in [0.2, 0.25) is 5.91 Å². The predicted octanol–water partition coefficient (Wildman–Crippen LogP) is 1.36. The van der Waals surface area contributed by atoms with Crippen LogP contribution in [0.5, 0.6) is 0 Å². The first-order chi connectivity index (χ1) is 8.69. The molecule has 2 N–H and O–H groups in total. The van der Waals surface area contributed by atoms with Crippen LogP contribution in [-0.2, 0) is 14.3 Å². The number of nitrogen functional groups attached to an aromatic ring is 1. The van der Waals surface area contributed by atoms with Gasteiger partial charge in [0.1, 0.15) is 17.8 Å². The Bertz CT molecular complexity index is 480. The standard InChI is InChI=1S/C13H19N3O3/c1-13(2,3)19-12(18)8-11(17)16(4)9-5-6-15-10(14)7-9/h5-7H,8H2,1-4H3,(H2,14,15). The molecular weight excluding hydrogens is 246 g/mol. The van der Waals surface area contributed by atoms with E-state index in [1.807, 2.05) is 0 Å². The van der Waals surface area contributed by atoms with E-state index < -0.39 is 11.6 Å². The molecule has 0 saturated heterocycles. The van der Waals surface area contributed by atoms with Crippen molar-refractivity contribution in [3.05, 3.63) is 18.3 Å². The van der Waals surface area contributed by atoms with Crippen molar-refractivity contribution in [1.82, 2.24) is 4.98 Å². The summed E-state index contributed by atoms with van der Waals surface area (Å²) in [6.45, 7) is 5.26. The zero-order valence-electron chi connectivity index (χ0n) is 11.6. The van der Waals surface area contributed by atoms with Gasteiger partial charge >= 0.3 is 5.97 Å². The molecule has 0 aliphatic rings. The SMILES string of the molecule is CN(C(=O)CC(=O)OC(C)(C)C)c1ccnc(N)c1. The van der Waals surface area contributed by atoms with Crippen molar-refractivity contribution in [2.75, 3.05) is 17.7 Å². The fourth-order valence-electron chi connectivity index (χ4n) is 1.41. The van der Waals surface area contributed by atoms with Gasteiger partial charge < -0.3 is 15.4 Å². The van der Waals surface area contributed by atoms with E-state index in [4.69, 9.17) is 10.5 Å². The van der Waals surface area contributed by atoms with Crippen LogP contribution in [0, 0.1) is 0 Å². The van der Waals surface area contributed by atoms with Gasteiger partial charge in [-0.1, -0.05) is 0 Å². The molecule has 104 valence electrons. The van der Waals surface area contributed by atoms with Crippen LogP contribution < -0.4 is 10.6 Å². The van der Waals surface area contributed by atoms with Crippen molar-refractivity contribution in [2.24, 2.45) is 0 Å². The maximum absolute atomic E-state index is 11.9. The Kier molecular flexibility index (Phi) is 4.47. The summed E-state index contributed by atoms with van der Waals surface area (Å²) in [4.78, 5) is 28.7. The van der Waals surface area contributed by atoms with Gasteiger partial charge in [0.25, 0.3) is 0 Å². The van der Waals surface area contributed by atoms with Crippen molar-refractivity contribution >= 4 is 23.4 Å². The third-order valence-electron chi connectivity index (χ3n) is 2.24. The number of aromatic nitrogens is 1. The maximum Gasteiger partial charge on any atom is 0.315 e. The second-order valence-electron chi connectivity index (χ2n) is 5.15. The number of anilines is 2. The number of carbonyl (C=O) groups excluding carboxylic acids is 2. The first-order valence-electron chi connectivity index (χ1n) is 5.89. The highest BCUT2D eigenvalue weighted by Gasteiger charge is 2.21. The molecule has 0 radical (unpaired) electrons. The third kappa shape index (κ3) is 4.95. The predicted molar refractivity (Wildman–Crippen MR) is 72.5 cm³/mol. The van der Waals surface area contributed by atoms with Gasteiger partial charge in [0.15, 0.2) is 0 Å². The lowest BCUT2D eigenvalue weighted by atomic mass is 10.2. The maximum atomic E-state index is 11.9. The Labute approximate surface area is 112 Å². The molecule has 19 heavy (non-hydrogen) atoms. The molecule has 0 unspecified atom stereocenters. The summed E-state index contributed by atoms with van der Waals surface area (Å²) >= 11 is 0. The first-order valence-corrected chi connectivity index (χ1v) is 5.89. The number of nitrogens with two attached hydrogens (primary N) is 1. The van der Waals surface area contributed by atoms with Crippen LogP contribution in [0.2, 0.25) is 0 Å². The van der Waals surface area contributed by atoms with Crippen LogP contribution in [-0.4, -0.2) is 29.5 Å². The number of carbonyl (C=O) groups is 2. The second-order valence-corrected chi connectivity index (χ2v) is 5.15. The van der Waals surface area contributed by atoms with Crippen molar-refractivity contribution < 1.29 is 14.3 Å². The van der Waals surface area contributed by atoms with Gasteiger partial charge in [-0.05, 0) is 26.8 Å². The number of amides is 1. The molecule has 6 heteroatoms. The minimum Gasteiger partial charge on any atom is -0.460 e. The summed E-state index contributed by atoms with van der Waals surface area (Å²) in [7, 11) is 1.57. The lowest BCUT2D eigenvalue weighted by molar-refractivity contribution is -0.156. The molecule has 1 aromatic heterocycles. The van der Waals surface area contributed by atoms with Crippen LogP contribution in [0.3, 0.4) is 0 Å². The van der Waals surface area contributed by atoms with E-state index in [1.165, 1.54) is 11.1 Å². The monoisotopic (exact) mass is 265 g/mol. The molecule has 0 atom stereocenters. The summed E-state index contributed by atoms with van der Waals surface area (Å²) in [6, 6.07) is 3.20. The summed E-state index contributed by atoms with van der Waals surface area (Å²) in [5.41, 5.74) is 5.52. The molecule has 1 amide bonds. The van der Waals surface area contributed by atoms with E-state index in [1.54, 1.807) is 40.0 Å². The van der Waals surface area contributed by atoms with Gasteiger partial charge in [-0.25, -0.2) is 4.98 Å². The zero-order chi connectivity index (χ0) is 14.6. The number of nitrogens with zero attached hydrogens (tertiary/aromatic N) is 2. The van der Waals surface area contributed by atoms with Crippen LogP contribution in [0.4, 0.5) is 11.5 Å². The quantitative estimate of drug-likeness (QED) is 0.658. The Morgan fingerprint density at radius 3 is 2.58 bits per heavy atom. The molecule has 0 aliphatic heterocycles. The number of hydrogen-bond donors (Lipinski definition) is 1. The fraction of sp³-hybridized carbons (Fsp3) is 0.462. The zero-order valence-corrected chi connectivity index (χ0v) is 11.6. The Hall–Kier alpha value is -2.11. The van der Waals surface area contributed by atoms with Gasteiger partial charge in [-0.15, -0.1) is 0 Å². The molecule has 0 saturated carbocycles.